The number of nitrogens with zero attached hydrogens (tertiary/aromatic N) is 3. The molecule has 1 heterocycles. The van der Waals surface area contributed by atoms with Gasteiger partial charge in [0.15, 0.2) is 12.3 Å². The Hall–Kier alpha value is -2.68. The van der Waals surface area contributed by atoms with Crippen LogP contribution in [0.2, 0.25) is 0 Å². The van der Waals surface area contributed by atoms with Crippen molar-refractivity contribution in [2.45, 2.75) is 26.1 Å². The zero-order chi connectivity index (χ0) is 20.0. The molecule has 146 valence electrons. The molecule has 0 saturated carbocycles. The molecule has 0 aliphatic heterocycles. The average molecular weight is 383 g/mol. The molecule has 0 aliphatic carbocycles. The van der Waals surface area contributed by atoms with Gasteiger partial charge in [-0.3, -0.25) is 4.79 Å². The summed E-state index contributed by atoms with van der Waals surface area (Å²) in [5, 5.41) is 17.5. The van der Waals surface area contributed by atoms with Crippen LogP contribution in [0.3, 0.4) is 0 Å². The maximum absolute atomic E-state index is 12.5. The lowest BCUT2D eigenvalue weighted by molar-refractivity contribution is -0.154. The van der Waals surface area contributed by atoms with Crippen LogP contribution in [0.25, 0.3) is 0 Å². The molecule has 0 aliphatic rings. The van der Waals surface area contributed by atoms with Gasteiger partial charge in [0.2, 0.25) is 5.88 Å². The van der Waals surface area contributed by atoms with E-state index in [1.807, 2.05) is 19.1 Å². The molecular weight excluding hydrogens is 363 g/mol. The van der Waals surface area contributed by atoms with Gasteiger partial charge >= 0.3 is 6.18 Å². The molecule has 1 aromatic carbocycles. The van der Waals surface area contributed by atoms with Gasteiger partial charge < -0.3 is 14.7 Å². The number of likely N-dealkylation sites (N-methyl/N-ethyl adjacent to an activating group) is 1. The van der Waals surface area contributed by atoms with Crippen molar-refractivity contribution in [2.24, 2.45) is 0 Å². The van der Waals surface area contributed by atoms with Crippen molar-refractivity contribution in [2.75, 3.05) is 19.7 Å². The fourth-order valence-electron chi connectivity index (χ4n) is 2.29. The molecule has 0 fully saturated rings. The van der Waals surface area contributed by atoms with E-state index < -0.39 is 24.8 Å². The summed E-state index contributed by atoms with van der Waals surface area (Å²) in [5.74, 6) is -0.815. The lowest BCUT2D eigenvalue weighted by Crippen LogP contribution is -2.35. The number of carbonyl (C=O) groups excluding carboxylic acids is 1. The summed E-state index contributed by atoms with van der Waals surface area (Å²) in [6.45, 7) is 2.55. The van der Waals surface area contributed by atoms with Crippen molar-refractivity contribution in [3.8, 4) is 5.88 Å². The third kappa shape index (κ3) is 6.21. The van der Waals surface area contributed by atoms with Crippen molar-refractivity contribution in [3.05, 3.63) is 53.2 Å². The minimum atomic E-state index is -4.48. The van der Waals surface area contributed by atoms with E-state index in [4.69, 9.17) is 0 Å². The highest BCUT2D eigenvalue weighted by atomic mass is 19.4. The van der Waals surface area contributed by atoms with Gasteiger partial charge in [-0.15, -0.1) is 10.2 Å². The number of benzene rings is 1. The first kappa shape index (κ1) is 20.6. The van der Waals surface area contributed by atoms with E-state index in [0.717, 1.165) is 11.6 Å². The number of alkyl halides is 3. The van der Waals surface area contributed by atoms with E-state index in [0.29, 0.717) is 12.1 Å². The molecule has 1 unspecified atom stereocenters. The van der Waals surface area contributed by atoms with Crippen LogP contribution >= 0.6 is 0 Å². The molecule has 1 N–H and O–H groups in total. The van der Waals surface area contributed by atoms with Crippen molar-refractivity contribution in [3.63, 3.8) is 0 Å². The maximum Gasteiger partial charge on any atom is 0.422 e. The summed E-state index contributed by atoms with van der Waals surface area (Å²) in [6.07, 6.45) is -5.36. The van der Waals surface area contributed by atoms with Gasteiger partial charge in [-0.25, -0.2) is 0 Å². The normalized spacial score (nSPS) is 12.5. The van der Waals surface area contributed by atoms with Crippen molar-refractivity contribution >= 4 is 5.91 Å². The first-order chi connectivity index (χ1) is 12.7. The van der Waals surface area contributed by atoms with Gasteiger partial charge in [0.25, 0.3) is 5.91 Å². The Bertz CT molecular complexity index is 749. The summed E-state index contributed by atoms with van der Waals surface area (Å²) >= 11 is 0. The first-order valence-electron chi connectivity index (χ1n) is 8.26. The molecule has 0 spiro atoms. The number of hydrogen-bond acceptors (Lipinski definition) is 5. The van der Waals surface area contributed by atoms with Crippen LogP contribution < -0.4 is 4.74 Å². The Labute approximate surface area is 154 Å². The summed E-state index contributed by atoms with van der Waals surface area (Å²) < 4.78 is 40.8. The number of hydrogen-bond donors (Lipinski definition) is 1. The topological polar surface area (TPSA) is 75.5 Å². The summed E-state index contributed by atoms with van der Waals surface area (Å²) in [6, 6.07) is 9.68. The zero-order valence-corrected chi connectivity index (χ0v) is 14.9. The number of aliphatic hydroxyl groups is 1. The van der Waals surface area contributed by atoms with Crippen LogP contribution in [-0.4, -0.2) is 52.0 Å². The van der Waals surface area contributed by atoms with Crippen LogP contribution in [0.4, 0.5) is 13.2 Å². The van der Waals surface area contributed by atoms with Crippen molar-refractivity contribution in [1.29, 1.82) is 0 Å². The first-order valence-corrected chi connectivity index (χ1v) is 8.26. The molecule has 27 heavy (non-hydrogen) atoms. The highest BCUT2D eigenvalue weighted by Crippen LogP contribution is 2.18. The lowest BCUT2D eigenvalue weighted by Gasteiger charge is -2.23. The zero-order valence-electron chi connectivity index (χ0n) is 14.9. The minimum absolute atomic E-state index is 0.0480. The SMILES string of the molecule is CCN(CC(O)c1ccc(C)cc1)C(=O)c1ccc(OCC(F)(F)F)nn1. The van der Waals surface area contributed by atoms with Crippen molar-refractivity contribution in [1.82, 2.24) is 15.1 Å². The standard InChI is InChI=1S/C18H20F3N3O3/c1-3-24(10-15(25)13-6-4-12(2)5-7-13)17(26)14-8-9-16(23-22-14)27-11-18(19,20)21/h4-9,15,25H,3,10-11H2,1-2H3. The molecular formula is C18H20F3N3O3. The van der Waals surface area contributed by atoms with E-state index in [1.165, 1.54) is 11.0 Å². The number of aryl methyl sites for hydroxylation is 1. The van der Waals surface area contributed by atoms with E-state index in [9.17, 15) is 23.1 Å². The highest BCUT2D eigenvalue weighted by Gasteiger charge is 2.29. The average Bonchev–Trinajstić information content (AvgIpc) is 2.64. The monoisotopic (exact) mass is 383 g/mol. The number of ether oxygens (including phenoxy) is 1. The number of halogens is 3. The smallest absolute Gasteiger partial charge is 0.422 e. The molecule has 0 saturated heterocycles. The molecule has 9 heteroatoms. The second kappa shape index (κ2) is 8.81. The number of rotatable bonds is 7. The van der Waals surface area contributed by atoms with Gasteiger partial charge in [0.05, 0.1) is 12.6 Å². The summed E-state index contributed by atoms with van der Waals surface area (Å²) in [4.78, 5) is 13.9. The fourth-order valence-corrected chi connectivity index (χ4v) is 2.29. The van der Waals surface area contributed by atoms with Crippen LogP contribution in [0.15, 0.2) is 36.4 Å². The van der Waals surface area contributed by atoms with E-state index >= 15 is 0 Å². The van der Waals surface area contributed by atoms with E-state index in [1.54, 1.807) is 19.1 Å². The van der Waals surface area contributed by atoms with E-state index in [2.05, 4.69) is 14.9 Å². The predicted molar refractivity (Wildman–Crippen MR) is 91.3 cm³/mol. The van der Waals surface area contributed by atoms with Crippen LogP contribution in [0.5, 0.6) is 5.88 Å². The number of aliphatic hydroxyl groups excluding tert-OH is 1. The predicted octanol–water partition coefficient (Wildman–Crippen LogP) is 2.92. The largest absolute Gasteiger partial charge is 0.467 e. The number of aromatic nitrogens is 2. The highest BCUT2D eigenvalue weighted by molar-refractivity contribution is 5.92. The third-order valence-electron chi connectivity index (χ3n) is 3.77. The van der Waals surface area contributed by atoms with Crippen molar-refractivity contribution < 1.29 is 27.8 Å². The molecule has 1 amide bonds. The Morgan fingerprint density at radius 2 is 1.85 bits per heavy atom. The molecule has 6 nitrogen and oxygen atoms in total. The molecule has 2 aromatic rings. The van der Waals surface area contributed by atoms with Crippen LogP contribution in [-0.2, 0) is 0 Å². The maximum atomic E-state index is 12.5. The Kier molecular flexibility index (Phi) is 6.73. The quantitative estimate of drug-likeness (QED) is 0.796. The molecule has 1 aromatic heterocycles. The third-order valence-corrected chi connectivity index (χ3v) is 3.77. The minimum Gasteiger partial charge on any atom is -0.467 e. The van der Waals surface area contributed by atoms with Gasteiger partial charge in [0.1, 0.15) is 0 Å². The summed E-state index contributed by atoms with van der Waals surface area (Å²) in [5.41, 5.74) is 1.68. The Balaban J connectivity index is 2.02. The van der Waals surface area contributed by atoms with Crippen LogP contribution in [0.1, 0.15) is 34.6 Å². The van der Waals surface area contributed by atoms with E-state index in [-0.39, 0.29) is 18.1 Å². The molecule has 2 rings (SSSR count). The molecule has 0 radical (unpaired) electrons. The van der Waals surface area contributed by atoms with Gasteiger partial charge in [-0.1, -0.05) is 29.8 Å². The second-order valence-corrected chi connectivity index (χ2v) is 5.93. The van der Waals surface area contributed by atoms with Gasteiger partial charge in [-0.2, -0.15) is 13.2 Å². The number of carbonyl (C=O) groups is 1. The Morgan fingerprint density at radius 1 is 1.19 bits per heavy atom. The lowest BCUT2D eigenvalue weighted by atomic mass is 10.1. The van der Waals surface area contributed by atoms with Gasteiger partial charge in [-0.05, 0) is 25.5 Å². The molecule has 0 bridgehead atoms. The van der Waals surface area contributed by atoms with Gasteiger partial charge in [0, 0.05) is 12.6 Å². The molecule has 1 atom stereocenters. The number of amides is 1. The second-order valence-electron chi connectivity index (χ2n) is 5.93. The summed E-state index contributed by atoms with van der Waals surface area (Å²) in [7, 11) is 0. The van der Waals surface area contributed by atoms with Crippen LogP contribution in [0, 0.1) is 6.92 Å². The Morgan fingerprint density at radius 3 is 2.37 bits per heavy atom. The fraction of sp³-hybridized carbons (Fsp3) is 0.389.